The van der Waals surface area contributed by atoms with Gasteiger partial charge in [-0.2, -0.15) is 0 Å². The van der Waals surface area contributed by atoms with Gasteiger partial charge >= 0.3 is 0 Å². The molecule has 3 rings (SSSR count). The first-order valence-electron chi connectivity index (χ1n) is 7.16. The van der Waals surface area contributed by atoms with E-state index in [0.29, 0.717) is 6.10 Å². The Hall–Kier alpha value is -0.490. The molecule has 5 heteroatoms. The Balaban J connectivity index is 1.49. The molecular formula is C14H22N2O2S. The van der Waals surface area contributed by atoms with Crippen LogP contribution in [0.1, 0.15) is 31.2 Å². The molecule has 2 aliphatic rings. The van der Waals surface area contributed by atoms with Crippen LogP contribution in [0.3, 0.4) is 0 Å². The largest absolute Gasteiger partial charge is 0.376 e. The Morgan fingerprint density at radius 3 is 3.05 bits per heavy atom. The molecule has 0 unspecified atom stereocenters. The van der Waals surface area contributed by atoms with Crippen LogP contribution in [-0.2, 0) is 16.0 Å². The van der Waals surface area contributed by atoms with Gasteiger partial charge in [-0.3, -0.25) is 4.90 Å². The summed E-state index contributed by atoms with van der Waals surface area (Å²) in [6.07, 6.45) is 5.53. The van der Waals surface area contributed by atoms with Gasteiger partial charge in [0.15, 0.2) is 0 Å². The fraction of sp³-hybridized carbons (Fsp3) is 0.786. The molecule has 0 saturated carbocycles. The number of aromatic nitrogens is 1. The minimum Gasteiger partial charge on any atom is -0.376 e. The smallest absolute Gasteiger partial charge is 0.107 e. The van der Waals surface area contributed by atoms with Crippen LogP contribution in [0.5, 0.6) is 0 Å². The molecule has 0 N–H and O–H groups in total. The fourth-order valence-electron chi connectivity index (χ4n) is 3.13. The molecule has 2 saturated heterocycles. The third-order valence-electron chi connectivity index (χ3n) is 4.19. The van der Waals surface area contributed by atoms with Gasteiger partial charge in [-0.1, -0.05) is 0 Å². The summed E-state index contributed by atoms with van der Waals surface area (Å²) in [5.41, 5.74) is 0.0964. The van der Waals surface area contributed by atoms with Gasteiger partial charge < -0.3 is 9.47 Å². The minimum atomic E-state index is 0.0964. The van der Waals surface area contributed by atoms with Crippen molar-refractivity contribution < 1.29 is 9.47 Å². The third-order valence-corrected chi connectivity index (χ3v) is 4.95. The van der Waals surface area contributed by atoms with E-state index in [2.05, 4.69) is 16.8 Å². The van der Waals surface area contributed by atoms with Crippen molar-refractivity contribution in [2.45, 2.75) is 44.4 Å². The topological polar surface area (TPSA) is 34.6 Å². The lowest BCUT2D eigenvalue weighted by molar-refractivity contribution is -0.0464. The lowest BCUT2D eigenvalue weighted by atomic mass is 9.88. The van der Waals surface area contributed by atoms with Crippen LogP contribution in [0.25, 0.3) is 0 Å². The molecule has 3 heterocycles. The molecule has 0 aliphatic carbocycles. The molecule has 1 aromatic rings. The monoisotopic (exact) mass is 282 g/mol. The Bertz CT molecular complexity index is 388. The summed E-state index contributed by atoms with van der Waals surface area (Å²) in [6, 6.07) is 0. The highest BCUT2D eigenvalue weighted by molar-refractivity contribution is 7.09. The lowest BCUT2D eigenvalue weighted by Crippen LogP contribution is -2.43. The second-order valence-corrected chi connectivity index (χ2v) is 6.46. The summed E-state index contributed by atoms with van der Waals surface area (Å²) >= 11 is 1.74. The summed E-state index contributed by atoms with van der Waals surface area (Å²) in [4.78, 5) is 6.85. The van der Waals surface area contributed by atoms with Crippen LogP contribution < -0.4 is 0 Å². The number of nitrogens with zero attached hydrogens (tertiary/aromatic N) is 2. The Labute approximate surface area is 118 Å². The zero-order chi connectivity index (χ0) is 13.1. The van der Waals surface area contributed by atoms with E-state index >= 15 is 0 Å². The van der Waals surface area contributed by atoms with Crippen molar-refractivity contribution in [3.63, 3.8) is 0 Å². The maximum Gasteiger partial charge on any atom is 0.107 e. The number of ether oxygens (including phenoxy) is 2. The summed E-state index contributed by atoms with van der Waals surface area (Å²) < 4.78 is 11.8. The Kier molecular flexibility index (Phi) is 4.17. The standard InChI is InChI=1S/C14H22N2O2S/c1-2-17-12-9-14(18-11-12)3-6-16(7-4-14)10-13-15-5-8-19-13/h5,8,12H,2-4,6-7,9-11H2,1H3/t12-/m1/s1. The van der Waals surface area contributed by atoms with Crippen LogP contribution in [0.2, 0.25) is 0 Å². The first-order valence-corrected chi connectivity index (χ1v) is 8.04. The van der Waals surface area contributed by atoms with Crippen LogP contribution in [0, 0.1) is 0 Å². The van der Waals surface area contributed by atoms with E-state index in [1.807, 2.05) is 11.6 Å². The molecule has 0 aromatic carbocycles. The fourth-order valence-corrected chi connectivity index (χ4v) is 3.79. The van der Waals surface area contributed by atoms with Crippen molar-refractivity contribution >= 4 is 11.3 Å². The van der Waals surface area contributed by atoms with Gasteiger partial charge in [0.1, 0.15) is 5.01 Å². The van der Waals surface area contributed by atoms with Gasteiger partial charge in [-0.15, -0.1) is 11.3 Å². The molecule has 1 atom stereocenters. The van der Waals surface area contributed by atoms with Gasteiger partial charge in [0.2, 0.25) is 0 Å². The predicted octanol–water partition coefficient (Wildman–Crippen LogP) is 2.30. The van der Waals surface area contributed by atoms with Crippen molar-refractivity contribution in [2.75, 3.05) is 26.3 Å². The first kappa shape index (κ1) is 13.5. The minimum absolute atomic E-state index is 0.0964. The van der Waals surface area contributed by atoms with Gasteiger partial charge in [0, 0.05) is 37.7 Å². The van der Waals surface area contributed by atoms with Gasteiger partial charge in [-0.05, 0) is 19.8 Å². The molecule has 1 aromatic heterocycles. The van der Waals surface area contributed by atoms with Crippen molar-refractivity contribution in [3.8, 4) is 0 Å². The lowest BCUT2D eigenvalue weighted by Gasteiger charge is -2.38. The van der Waals surface area contributed by atoms with Crippen LogP contribution in [0.4, 0.5) is 0 Å². The maximum absolute atomic E-state index is 6.07. The summed E-state index contributed by atoms with van der Waals surface area (Å²) in [5, 5.41) is 3.27. The molecule has 0 radical (unpaired) electrons. The van der Waals surface area contributed by atoms with E-state index < -0.39 is 0 Å². The summed E-state index contributed by atoms with van der Waals surface area (Å²) in [7, 11) is 0. The van der Waals surface area contributed by atoms with Gasteiger partial charge in [0.25, 0.3) is 0 Å². The first-order chi connectivity index (χ1) is 9.30. The summed E-state index contributed by atoms with van der Waals surface area (Å²) in [6.45, 7) is 6.84. The number of piperidine rings is 1. The molecular weight excluding hydrogens is 260 g/mol. The zero-order valence-corrected chi connectivity index (χ0v) is 12.3. The zero-order valence-electron chi connectivity index (χ0n) is 11.5. The highest BCUT2D eigenvalue weighted by atomic mass is 32.1. The van der Waals surface area contributed by atoms with E-state index in [-0.39, 0.29) is 5.60 Å². The second kappa shape index (κ2) is 5.87. The average Bonchev–Trinajstić information content (AvgIpc) is 3.04. The van der Waals surface area contributed by atoms with E-state index in [0.717, 1.165) is 52.1 Å². The van der Waals surface area contributed by atoms with E-state index in [1.54, 1.807) is 11.3 Å². The number of hydrogen-bond acceptors (Lipinski definition) is 5. The van der Waals surface area contributed by atoms with Crippen molar-refractivity contribution in [3.05, 3.63) is 16.6 Å². The third kappa shape index (κ3) is 3.16. The Morgan fingerprint density at radius 1 is 1.53 bits per heavy atom. The molecule has 2 fully saturated rings. The Morgan fingerprint density at radius 2 is 2.37 bits per heavy atom. The molecule has 4 nitrogen and oxygen atoms in total. The molecule has 2 aliphatic heterocycles. The van der Waals surface area contributed by atoms with Crippen molar-refractivity contribution in [1.82, 2.24) is 9.88 Å². The quantitative estimate of drug-likeness (QED) is 0.849. The van der Waals surface area contributed by atoms with Crippen molar-refractivity contribution in [2.24, 2.45) is 0 Å². The highest BCUT2D eigenvalue weighted by Gasteiger charge is 2.42. The SMILES string of the molecule is CCO[C@H]1COC2(CCN(Cc3nccs3)CC2)C1. The van der Waals surface area contributed by atoms with E-state index in [9.17, 15) is 0 Å². The average molecular weight is 282 g/mol. The van der Waals surface area contributed by atoms with E-state index in [1.165, 1.54) is 5.01 Å². The highest BCUT2D eigenvalue weighted by Crippen LogP contribution is 2.37. The van der Waals surface area contributed by atoms with Gasteiger partial charge in [0.05, 0.1) is 24.9 Å². The molecule has 19 heavy (non-hydrogen) atoms. The van der Waals surface area contributed by atoms with Crippen LogP contribution in [0.15, 0.2) is 11.6 Å². The van der Waals surface area contributed by atoms with Crippen LogP contribution in [-0.4, -0.2) is 47.9 Å². The number of hydrogen-bond donors (Lipinski definition) is 0. The van der Waals surface area contributed by atoms with Gasteiger partial charge in [-0.25, -0.2) is 4.98 Å². The molecule has 106 valence electrons. The number of thiazole rings is 1. The van der Waals surface area contributed by atoms with E-state index in [4.69, 9.17) is 9.47 Å². The molecule has 0 amide bonds. The second-order valence-electron chi connectivity index (χ2n) is 5.48. The normalized spacial score (nSPS) is 27.1. The summed E-state index contributed by atoms with van der Waals surface area (Å²) in [5.74, 6) is 0. The van der Waals surface area contributed by atoms with Crippen LogP contribution >= 0.6 is 11.3 Å². The van der Waals surface area contributed by atoms with Crippen molar-refractivity contribution in [1.29, 1.82) is 0 Å². The number of rotatable bonds is 4. The molecule has 0 bridgehead atoms. The molecule has 1 spiro atoms. The number of likely N-dealkylation sites (tertiary alicyclic amines) is 1. The maximum atomic E-state index is 6.07. The predicted molar refractivity (Wildman–Crippen MR) is 75.3 cm³/mol.